The van der Waals surface area contributed by atoms with Gasteiger partial charge in [-0.25, -0.2) is 4.98 Å². The minimum atomic E-state index is 0.472. The molecule has 0 saturated carbocycles. The van der Waals surface area contributed by atoms with E-state index in [1.807, 2.05) is 13.1 Å². The molecule has 2 nitrogen and oxygen atoms in total. The van der Waals surface area contributed by atoms with E-state index < -0.39 is 0 Å². The lowest BCUT2D eigenvalue weighted by Crippen LogP contribution is -2.16. The molecule has 1 rings (SSSR count). The van der Waals surface area contributed by atoms with Crippen LogP contribution in [0.2, 0.25) is 0 Å². The van der Waals surface area contributed by atoms with E-state index in [1.54, 1.807) is 0 Å². The van der Waals surface area contributed by atoms with Crippen LogP contribution in [0.5, 0.6) is 0 Å². The average Bonchev–Trinajstić information content (AvgIpc) is 2.21. The Morgan fingerprint density at radius 3 is 2.59 bits per heavy atom. The molecule has 0 spiro atoms. The van der Waals surface area contributed by atoms with Gasteiger partial charge in [-0.2, -0.15) is 0 Å². The molecule has 0 aliphatic rings. The molecule has 1 N–H and O–H groups in total. The van der Waals surface area contributed by atoms with Crippen LogP contribution < -0.4 is 5.32 Å². The van der Waals surface area contributed by atoms with Crippen molar-refractivity contribution < 1.29 is 0 Å². The summed E-state index contributed by atoms with van der Waals surface area (Å²) in [5.74, 6) is 1.75. The van der Waals surface area contributed by atoms with E-state index in [-0.39, 0.29) is 0 Å². The molecule has 0 bridgehead atoms. The number of aromatic nitrogens is 1. The second-order valence-corrected chi connectivity index (χ2v) is 6.07. The summed E-state index contributed by atoms with van der Waals surface area (Å²) in [4.78, 5) is 4.40. The number of pyridine rings is 1. The molecule has 0 aliphatic heterocycles. The molecule has 96 valence electrons. The van der Waals surface area contributed by atoms with Gasteiger partial charge in [0.25, 0.3) is 0 Å². The number of hydrogen-bond donors (Lipinski definition) is 1. The third-order valence-corrected chi connectivity index (χ3v) is 3.38. The number of halogens is 1. The maximum Gasteiger partial charge on any atom is 0.140 e. The third kappa shape index (κ3) is 5.53. The molecule has 1 unspecified atom stereocenters. The molecule has 17 heavy (non-hydrogen) atoms. The molecule has 0 fully saturated rings. The van der Waals surface area contributed by atoms with Gasteiger partial charge in [0, 0.05) is 12.2 Å². The normalized spacial score (nSPS) is 12.8. The van der Waals surface area contributed by atoms with Crippen molar-refractivity contribution in [1.82, 2.24) is 4.98 Å². The van der Waals surface area contributed by atoms with Crippen molar-refractivity contribution in [2.75, 3.05) is 5.32 Å². The fraction of sp³-hybridized carbons (Fsp3) is 0.643. The summed E-state index contributed by atoms with van der Waals surface area (Å²) in [6, 6.07) is 2.57. The number of anilines is 1. The number of nitrogens with one attached hydrogen (secondary N) is 1. The first kappa shape index (κ1) is 14.5. The molecule has 0 aliphatic carbocycles. The molecule has 0 radical (unpaired) electrons. The Morgan fingerprint density at radius 2 is 2.00 bits per heavy atom. The zero-order chi connectivity index (χ0) is 12.8. The SMILES string of the molecule is Cc1cnc(NC(C)CCCC(C)C)c(Br)c1. The van der Waals surface area contributed by atoms with Gasteiger partial charge in [-0.3, -0.25) is 0 Å². The van der Waals surface area contributed by atoms with E-state index in [1.165, 1.54) is 24.8 Å². The monoisotopic (exact) mass is 298 g/mol. The lowest BCUT2D eigenvalue weighted by Gasteiger charge is -2.16. The van der Waals surface area contributed by atoms with Crippen molar-refractivity contribution in [3.8, 4) is 0 Å². The van der Waals surface area contributed by atoms with Gasteiger partial charge in [-0.15, -0.1) is 0 Å². The molecular weight excluding hydrogens is 276 g/mol. The topological polar surface area (TPSA) is 24.9 Å². The van der Waals surface area contributed by atoms with E-state index in [9.17, 15) is 0 Å². The van der Waals surface area contributed by atoms with E-state index in [2.05, 4.69) is 53.1 Å². The van der Waals surface area contributed by atoms with Crippen molar-refractivity contribution in [3.63, 3.8) is 0 Å². The fourth-order valence-electron chi connectivity index (χ4n) is 1.78. The van der Waals surface area contributed by atoms with E-state index in [0.29, 0.717) is 6.04 Å². The minimum Gasteiger partial charge on any atom is -0.367 e. The molecular formula is C14H23BrN2. The second-order valence-electron chi connectivity index (χ2n) is 5.21. The second kappa shape index (κ2) is 7.00. The molecule has 1 aromatic rings. The Kier molecular flexibility index (Phi) is 5.96. The molecule has 0 amide bonds. The van der Waals surface area contributed by atoms with Gasteiger partial charge in [-0.1, -0.05) is 26.7 Å². The van der Waals surface area contributed by atoms with Crippen LogP contribution in [0.1, 0.15) is 45.6 Å². The van der Waals surface area contributed by atoms with E-state index in [4.69, 9.17) is 0 Å². The summed E-state index contributed by atoms with van der Waals surface area (Å²) in [5.41, 5.74) is 1.18. The van der Waals surface area contributed by atoms with E-state index in [0.717, 1.165) is 16.2 Å². The van der Waals surface area contributed by atoms with Gasteiger partial charge in [0.1, 0.15) is 5.82 Å². The quantitative estimate of drug-likeness (QED) is 0.817. The van der Waals surface area contributed by atoms with Crippen LogP contribution in [0.15, 0.2) is 16.7 Å². The number of rotatable bonds is 6. The zero-order valence-corrected chi connectivity index (χ0v) is 12.8. The Morgan fingerprint density at radius 1 is 1.29 bits per heavy atom. The zero-order valence-electron chi connectivity index (χ0n) is 11.3. The number of hydrogen-bond acceptors (Lipinski definition) is 2. The van der Waals surface area contributed by atoms with E-state index >= 15 is 0 Å². The highest BCUT2D eigenvalue weighted by Crippen LogP contribution is 2.22. The third-order valence-electron chi connectivity index (χ3n) is 2.78. The van der Waals surface area contributed by atoms with Gasteiger partial charge in [0.2, 0.25) is 0 Å². The van der Waals surface area contributed by atoms with Crippen molar-refractivity contribution in [3.05, 3.63) is 22.3 Å². The molecule has 1 heterocycles. The van der Waals surface area contributed by atoms with Crippen molar-refractivity contribution in [2.45, 2.75) is 53.0 Å². The van der Waals surface area contributed by atoms with Crippen LogP contribution in [0, 0.1) is 12.8 Å². The lowest BCUT2D eigenvalue weighted by molar-refractivity contribution is 0.520. The fourth-order valence-corrected chi connectivity index (χ4v) is 2.36. The molecule has 3 heteroatoms. The van der Waals surface area contributed by atoms with Gasteiger partial charge in [-0.05, 0) is 53.7 Å². The predicted molar refractivity (Wildman–Crippen MR) is 78.4 cm³/mol. The Bertz CT molecular complexity index is 350. The molecule has 1 aromatic heterocycles. The van der Waals surface area contributed by atoms with Gasteiger partial charge >= 0.3 is 0 Å². The van der Waals surface area contributed by atoms with Crippen LogP contribution in [0.25, 0.3) is 0 Å². The number of nitrogens with zero attached hydrogens (tertiary/aromatic N) is 1. The molecule has 0 aromatic carbocycles. The van der Waals surface area contributed by atoms with Crippen molar-refractivity contribution in [1.29, 1.82) is 0 Å². The summed E-state index contributed by atoms with van der Waals surface area (Å²) in [5, 5.41) is 3.45. The summed E-state index contributed by atoms with van der Waals surface area (Å²) in [6.45, 7) is 8.81. The highest BCUT2D eigenvalue weighted by Gasteiger charge is 2.06. The standard InChI is InChI=1S/C14H23BrN2/c1-10(2)6-5-7-12(4)17-14-13(15)8-11(3)9-16-14/h8-10,12H,5-7H2,1-4H3,(H,16,17). The minimum absolute atomic E-state index is 0.472. The highest BCUT2D eigenvalue weighted by atomic mass is 79.9. The maximum atomic E-state index is 4.40. The Hall–Kier alpha value is -0.570. The van der Waals surface area contributed by atoms with Crippen LogP contribution in [-0.2, 0) is 0 Å². The van der Waals surface area contributed by atoms with Crippen LogP contribution in [0.4, 0.5) is 5.82 Å². The summed E-state index contributed by atoms with van der Waals surface area (Å²) in [6.07, 6.45) is 5.66. The predicted octanol–water partition coefficient (Wildman–Crippen LogP) is 4.78. The van der Waals surface area contributed by atoms with Crippen molar-refractivity contribution >= 4 is 21.7 Å². The first-order valence-electron chi connectivity index (χ1n) is 6.37. The Balaban J connectivity index is 2.42. The maximum absolute atomic E-state index is 4.40. The van der Waals surface area contributed by atoms with Crippen molar-refractivity contribution in [2.24, 2.45) is 5.92 Å². The smallest absolute Gasteiger partial charge is 0.140 e. The first-order valence-corrected chi connectivity index (χ1v) is 7.17. The van der Waals surface area contributed by atoms with Crippen LogP contribution >= 0.6 is 15.9 Å². The summed E-state index contributed by atoms with van der Waals surface area (Å²) < 4.78 is 1.05. The number of aryl methyl sites for hydroxylation is 1. The molecule has 0 saturated heterocycles. The van der Waals surface area contributed by atoms with Crippen LogP contribution in [-0.4, -0.2) is 11.0 Å². The summed E-state index contributed by atoms with van der Waals surface area (Å²) >= 11 is 3.54. The Labute approximate surface area is 113 Å². The molecule has 1 atom stereocenters. The highest BCUT2D eigenvalue weighted by molar-refractivity contribution is 9.10. The first-order chi connectivity index (χ1) is 7.99. The average molecular weight is 299 g/mol. The summed E-state index contributed by atoms with van der Waals surface area (Å²) in [7, 11) is 0. The van der Waals surface area contributed by atoms with Gasteiger partial charge in [0.15, 0.2) is 0 Å². The van der Waals surface area contributed by atoms with Gasteiger partial charge < -0.3 is 5.32 Å². The largest absolute Gasteiger partial charge is 0.367 e. The van der Waals surface area contributed by atoms with Crippen LogP contribution in [0.3, 0.4) is 0 Å². The van der Waals surface area contributed by atoms with Gasteiger partial charge in [0.05, 0.1) is 4.47 Å². The lowest BCUT2D eigenvalue weighted by atomic mass is 10.0.